The largest absolute Gasteiger partial charge is 0.451 e. The molecule has 1 amide bonds. The van der Waals surface area contributed by atoms with Gasteiger partial charge in [-0.1, -0.05) is 18.2 Å². The molecule has 0 unspecified atom stereocenters. The van der Waals surface area contributed by atoms with Crippen molar-refractivity contribution in [2.45, 2.75) is 20.0 Å². The van der Waals surface area contributed by atoms with Crippen LogP contribution in [0.15, 0.2) is 34.9 Å². The summed E-state index contributed by atoms with van der Waals surface area (Å²) in [6, 6.07) is 7.72. The summed E-state index contributed by atoms with van der Waals surface area (Å²) in [6.07, 6.45) is 1.74. The fourth-order valence-corrected chi connectivity index (χ4v) is 3.45. The van der Waals surface area contributed by atoms with Gasteiger partial charge in [0.2, 0.25) is 0 Å². The van der Waals surface area contributed by atoms with E-state index in [-0.39, 0.29) is 12.0 Å². The Morgan fingerprint density at radius 3 is 2.80 bits per heavy atom. The van der Waals surface area contributed by atoms with E-state index in [0.29, 0.717) is 25.5 Å². The molecule has 3 heterocycles. The number of hydrogen-bond acceptors (Lipinski definition) is 4. The summed E-state index contributed by atoms with van der Waals surface area (Å²) in [4.78, 5) is 19.3. The van der Waals surface area contributed by atoms with Crippen molar-refractivity contribution in [2.75, 3.05) is 19.7 Å². The Balaban J connectivity index is 1.61. The van der Waals surface area contributed by atoms with Crippen molar-refractivity contribution in [3.8, 4) is 0 Å². The molecule has 0 bridgehead atoms. The van der Waals surface area contributed by atoms with E-state index in [4.69, 9.17) is 9.15 Å². The molecular formula is C19H21N3O3. The van der Waals surface area contributed by atoms with Gasteiger partial charge >= 0.3 is 0 Å². The molecule has 1 aliphatic heterocycles. The van der Waals surface area contributed by atoms with E-state index in [9.17, 15) is 4.79 Å². The predicted octanol–water partition coefficient (Wildman–Crippen LogP) is 3.00. The van der Waals surface area contributed by atoms with E-state index < -0.39 is 0 Å². The number of hydrogen-bond donors (Lipinski definition) is 0. The lowest BCUT2D eigenvalue weighted by atomic mass is 10.1. The van der Waals surface area contributed by atoms with Crippen LogP contribution in [0.5, 0.6) is 0 Å². The van der Waals surface area contributed by atoms with Crippen molar-refractivity contribution in [2.24, 2.45) is 7.05 Å². The van der Waals surface area contributed by atoms with Gasteiger partial charge in [0.1, 0.15) is 17.5 Å². The number of ether oxygens (including phenoxy) is 1. The van der Waals surface area contributed by atoms with Crippen LogP contribution in [0.1, 0.15) is 33.7 Å². The van der Waals surface area contributed by atoms with Gasteiger partial charge in [0.15, 0.2) is 5.76 Å². The highest BCUT2D eigenvalue weighted by Crippen LogP contribution is 2.28. The summed E-state index contributed by atoms with van der Waals surface area (Å²) in [5.41, 5.74) is 2.57. The van der Waals surface area contributed by atoms with Gasteiger partial charge in [0, 0.05) is 30.7 Å². The summed E-state index contributed by atoms with van der Waals surface area (Å²) in [5, 5.41) is 0.982. The van der Waals surface area contributed by atoms with Crippen LogP contribution in [0, 0.1) is 13.8 Å². The minimum Gasteiger partial charge on any atom is -0.451 e. The molecule has 1 fully saturated rings. The SMILES string of the molecule is Cc1cn(C)c([C@H]2CN(C(=O)c3oc4ccccc4c3C)CCO2)n1. The van der Waals surface area contributed by atoms with Crippen molar-refractivity contribution in [1.82, 2.24) is 14.5 Å². The third kappa shape index (κ3) is 2.72. The summed E-state index contributed by atoms with van der Waals surface area (Å²) in [5.74, 6) is 1.17. The molecular weight excluding hydrogens is 318 g/mol. The smallest absolute Gasteiger partial charge is 0.290 e. The van der Waals surface area contributed by atoms with Crippen LogP contribution in [0.3, 0.4) is 0 Å². The van der Waals surface area contributed by atoms with Crippen LogP contribution < -0.4 is 0 Å². The molecule has 6 heteroatoms. The molecule has 6 nitrogen and oxygen atoms in total. The van der Waals surface area contributed by atoms with Gasteiger partial charge in [-0.3, -0.25) is 4.79 Å². The number of nitrogens with zero attached hydrogens (tertiary/aromatic N) is 3. The van der Waals surface area contributed by atoms with E-state index in [0.717, 1.165) is 28.1 Å². The van der Waals surface area contributed by atoms with Crippen molar-refractivity contribution < 1.29 is 13.9 Å². The molecule has 0 aliphatic carbocycles. The second-order valence-electron chi connectivity index (χ2n) is 6.51. The number of aryl methyl sites for hydroxylation is 3. The van der Waals surface area contributed by atoms with E-state index in [1.165, 1.54) is 0 Å². The first kappa shape index (κ1) is 15.9. The number of carbonyl (C=O) groups excluding carboxylic acids is 1. The van der Waals surface area contributed by atoms with Gasteiger partial charge in [-0.2, -0.15) is 0 Å². The van der Waals surface area contributed by atoms with E-state index in [2.05, 4.69) is 4.98 Å². The van der Waals surface area contributed by atoms with Crippen molar-refractivity contribution in [3.05, 3.63) is 53.3 Å². The van der Waals surface area contributed by atoms with Crippen LogP contribution in [0.25, 0.3) is 11.0 Å². The number of imidazole rings is 1. The fourth-order valence-electron chi connectivity index (χ4n) is 3.45. The zero-order valence-electron chi connectivity index (χ0n) is 14.7. The van der Waals surface area contributed by atoms with Gasteiger partial charge in [-0.25, -0.2) is 4.98 Å². The van der Waals surface area contributed by atoms with Crippen LogP contribution >= 0.6 is 0 Å². The molecule has 1 atom stereocenters. The van der Waals surface area contributed by atoms with Gasteiger partial charge in [-0.05, 0) is 19.9 Å². The monoisotopic (exact) mass is 339 g/mol. The molecule has 1 aliphatic rings. The molecule has 0 spiro atoms. The number of para-hydroxylation sites is 1. The van der Waals surface area contributed by atoms with Crippen LogP contribution in [-0.2, 0) is 11.8 Å². The van der Waals surface area contributed by atoms with Crippen molar-refractivity contribution in [3.63, 3.8) is 0 Å². The molecule has 1 aromatic carbocycles. The number of amides is 1. The average molecular weight is 339 g/mol. The Morgan fingerprint density at radius 1 is 1.28 bits per heavy atom. The Labute approximate surface area is 146 Å². The molecule has 130 valence electrons. The lowest BCUT2D eigenvalue weighted by Gasteiger charge is -2.32. The number of carbonyl (C=O) groups is 1. The van der Waals surface area contributed by atoms with Crippen LogP contribution in [0.4, 0.5) is 0 Å². The maximum absolute atomic E-state index is 13.0. The quantitative estimate of drug-likeness (QED) is 0.720. The first-order chi connectivity index (χ1) is 12.0. The molecule has 3 aromatic rings. The third-order valence-electron chi connectivity index (χ3n) is 4.71. The minimum absolute atomic E-state index is 0.0899. The topological polar surface area (TPSA) is 60.5 Å². The predicted molar refractivity (Wildman–Crippen MR) is 93.5 cm³/mol. The van der Waals surface area contributed by atoms with E-state index in [1.807, 2.05) is 55.9 Å². The second-order valence-corrected chi connectivity index (χ2v) is 6.51. The molecule has 1 saturated heterocycles. The van der Waals surface area contributed by atoms with E-state index in [1.54, 1.807) is 4.90 Å². The molecule has 2 aromatic heterocycles. The number of fused-ring (bicyclic) bond motifs is 1. The maximum atomic E-state index is 13.0. The number of morpholine rings is 1. The van der Waals surface area contributed by atoms with Gasteiger partial charge < -0.3 is 18.6 Å². The van der Waals surface area contributed by atoms with Gasteiger partial charge in [0.05, 0.1) is 18.8 Å². The molecule has 0 saturated carbocycles. The van der Waals surface area contributed by atoms with E-state index >= 15 is 0 Å². The Kier molecular flexibility index (Phi) is 3.84. The summed E-state index contributed by atoms with van der Waals surface area (Å²) in [7, 11) is 1.95. The second kappa shape index (κ2) is 6.04. The Morgan fingerprint density at radius 2 is 2.08 bits per heavy atom. The Hall–Kier alpha value is -2.60. The van der Waals surface area contributed by atoms with Gasteiger partial charge in [0.25, 0.3) is 5.91 Å². The Bertz CT molecular complexity index is 941. The number of aromatic nitrogens is 2. The van der Waals surface area contributed by atoms with Crippen molar-refractivity contribution in [1.29, 1.82) is 0 Å². The van der Waals surface area contributed by atoms with Gasteiger partial charge in [-0.15, -0.1) is 0 Å². The lowest BCUT2D eigenvalue weighted by Crippen LogP contribution is -2.42. The van der Waals surface area contributed by atoms with Crippen molar-refractivity contribution >= 4 is 16.9 Å². The number of furan rings is 1. The zero-order chi connectivity index (χ0) is 17.6. The zero-order valence-corrected chi connectivity index (χ0v) is 14.7. The molecule has 0 radical (unpaired) electrons. The lowest BCUT2D eigenvalue weighted by molar-refractivity contribution is -0.0288. The molecule has 4 rings (SSSR count). The fraction of sp³-hybridized carbons (Fsp3) is 0.368. The van der Waals surface area contributed by atoms with Crippen LogP contribution in [0.2, 0.25) is 0 Å². The molecule has 25 heavy (non-hydrogen) atoms. The number of benzene rings is 1. The highest BCUT2D eigenvalue weighted by Gasteiger charge is 2.31. The summed E-state index contributed by atoms with van der Waals surface area (Å²) in [6.45, 7) is 5.39. The van der Waals surface area contributed by atoms with Crippen LogP contribution in [-0.4, -0.2) is 40.1 Å². The molecule has 0 N–H and O–H groups in total. The normalized spacial score (nSPS) is 18.0. The highest BCUT2D eigenvalue weighted by molar-refractivity contribution is 5.99. The first-order valence-corrected chi connectivity index (χ1v) is 8.43. The first-order valence-electron chi connectivity index (χ1n) is 8.43. The number of rotatable bonds is 2. The summed E-state index contributed by atoms with van der Waals surface area (Å²) < 4.78 is 13.6. The third-order valence-corrected chi connectivity index (χ3v) is 4.71. The highest BCUT2D eigenvalue weighted by atomic mass is 16.5. The minimum atomic E-state index is -0.221. The average Bonchev–Trinajstić information content (AvgIpc) is 3.14. The standard InChI is InChI=1S/C19H21N3O3/c1-12-10-21(3)18(20-12)16-11-22(8-9-24-16)19(23)17-13(2)14-6-4-5-7-15(14)25-17/h4-7,10,16H,8-9,11H2,1-3H3/t16-/m1/s1. The summed E-state index contributed by atoms with van der Waals surface area (Å²) >= 11 is 0. The maximum Gasteiger partial charge on any atom is 0.290 e.